The Morgan fingerprint density at radius 3 is 2.63 bits per heavy atom. The summed E-state index contributed by atoms with van der Waals surface area (Å²) in [6.07, 6.45) is 5.56. The summed E-state index contributed by atoms with van der Waals surface area (Å²) in [5.41, 5.74) is 7.96. The molecule has 0 saturated heterocycles. The molecular weight excluding hydrogens is 494 g/mol. The van der Waals surface area contributed by atoms with Gasteiger partial charge in [0.25, 0.3) is 5.91 Å². The number of carbonyl (C=O) groups is 1. The van der Waals surface area contributed by atoms with Crippen LogP contribution in [0.25, 0.3) is 0 Å². The number of thioether (sulfide) groups is 1. The van der Waals surface area contributed by atoms with Crippen molar-refractivity contribution in [2.24, 2.45) is 11.0 Å². The highest BCUT2D eigenvalue weighted by molar-refractivity contribution is 8.00. The molecule has 7 heteroatoms. The van der Waals surface area contributed by atoms with E-state index in [1.807, 2.05) is 56.3 Å². The number of para-hydroxylation sites is 1. The molecule has 6 nitrogen and oxygen atoms in total. The third-order valence-electron chi connectivity index (χ3n) is 7.31. The molecule has 4 atom stereocenters. The van der Waals surface area contributed by atoms with Crippen molar-refractivity contribution < 1.29 is 14.3 Å². The second kappa shape index (κ2) is 11.4. The van der Waals surface area contributed by atoms with Gasteiger partial charge in [0.1, 0.15) is 0 Å². The van der Waals surface area contributed by atoms with Crippen LogP contribution in [0.1, 0.15) is 48.9 Å². The molecule has 2 aliphatic rings. The molecule has 0 saturated carbocycles. The van der Waals surface area contributed by atoms with Crippen molar-refractivity contribution in [2.75, 3.05) is 19.5 Å². The topological polar surface area (TPSA) is 72.0 Å². The van der Waals surface area contributed by atoms with Crippen LogP contribution in [0.2, 0.25) is 0 Å². The quantitative estimate of drug-likeness (QED) is 0.150. The summed E-state index contributed by atoms with van der Waals surface area (Å²) in [6.45, 7) is 3.82. The highest BCUT2D eigenvalue weighted by Gasteiger charge is 2.39. The highest BCUT2D eigenvalue weighted by Crippen LogP contribution is 2.52. The van der Waals surface area contributed by atoms with Crippen molar-refractivity contribution in [3.05, 3.63) is 95.6 Å². The Morgan fingerprint density at radius 2 is 1.87 bits per heavy atom. The summed E-state index contributed by atoms with van der Waals surface area (Å²) in [5, 5.41) is 7.95. The van der Waals surface area contributed by atoms with Gasteiger partial charge in [0.15, 0.2) is 11.5 Å². The molecule has 0 fully saturated rings. The summed E-state index contributed by atoms with van der Waals surface area (Å²) in [4.78, 5) is 13.7. The number of fused-ring (bicyclic) bond motifs is 3. The number of benzene rings is 3. The smallest absolute Gasteiger partial charge is 0.253 e. The van der Waals surface area contributed by atoms with E-state index in [1.54, 1.807) is 14.2 Å². The molecule has 1 heterocycles. The number of hydrogen-bond acceptors (Lipinski definition) is 6. The van der Waals surface area contributed by atoms with Gasteiger partial charge < -0.3 is 14.8 Å². The fourth-order valence-corrected chi connectivity index (χ4v) is 6.22. The van der Waals surface area contributed by atoms with Crippen molar-refractivity contribution in [2.45, 2.75) is 42.4 Å². The number of carbonyl (C=O) groups excluding carboxylic acids is 1. The van der Waals surface area contributed by atoms with E-state index in [9.17, 15) is 4.79 Å². The number of hydrogen-bond donors (Lipinski definition) is 2. The van der Waals surface area contributed by atoms with Gasteiger partial charge in [0.2, 0.25) is 0 Å². The minimum absolute atomic E-state index is 0.0936. The van der Waals surface area contributed by atoms with E-state index in [4.69, 9.17) is 9.47 Å². The zero-order chi connectivity index (χ0) is 26.6. The molecule has 2 N–H and O–H groups in total. The van der Waals surface area contributed by atoms with Gasteiger partial charge in [-0.1, -0.05) is 48.6 Å². The number of anilines is 1. The fraction of sp³-hybridized carbons (Fsp3) is 0.290. The molecular formula is C31H33N3O3S. The molecule has 0 radical (unpaired) electrons. The summed E-state index contributed by atoms with van der Waals surface area (Å²) < 4.78 is 11.3. The maximum atomic E-state index is 12.7. The first-order valence-electron chi connectivity index (χ1n) is 12.8. The minimum Gasteiger partial charge on any atom is -0.493 e. The summed E-state index contributed by atoms with van der Waals surface area (Å²) >= 11 is 1.52. The second-order valence-corrected chi connectivity index (χ2v) is 11.0. The SMILES string of the molecule is COc1cccc([C@@H]2Nc3ccc(/C(C)=N\NC(=O)[C@@H](C)Sc4ccccc4)cc3[C@@H]3C=CC[C@@H]32)c1OC. The predicted octanol–water partition coefficient (Wildman–Crippen LogP) is 6.55. The Hall–Kier alpha value is -3.71. The first kappa shape index (κ1) is 25.9. The Morgan fingerprint density at radius 1 is 1.05 bits per heavy atom. The fourth-order valence-electron chi connectivity index (χ4n) is 5.34. The van der Waals surface area contributed by atoms with E-state index in [1.165, 1.54) is 17.3 Å². The van der Waals surface area contributed by atoms with Crippen LogP contribution in [0.3, 0.4) is 0 Å². The first-order valence-corrected chi connectivity index (χ1v) is 13.7. The largest absolute Gasteiger partial charge is 0.493 e. The molecule has 196 valence electrons. The van der Waals surface area contributed by atoms with Crippen molar-refractivity contribution in [3.8, 4) is 11.5 Å². The molecule has 3 aromatic rings. The van der Waals surface area contributed by atoms with E-state index in [2.05, 4.69) is 52.3 Å². The molecule has 1 amide bonds. The van der Waals surface area contributed by atoms with Gasteiger partial charge in [-0.25, -0.2) is 5.43 Å². The van der Waals surface area contributed by atoms with Crippen molar-refractivity contribution in [1.82, 2.24) is 5.43 Å². The van der Waals surface area contributed by atoms with Crippen molar-refractivity contribution in [1.29, 1.82) is 0 Å². The average molecular weight is 528 g/mol. The molecule has 1 aliphatic heterocycles. The summed E-state index contributed by atoms with van der Waals surface area (Å²) in [7, 11) is 3.36. The molecule has 38 heavy (non-hydrogen) atoms. The number of ether oxygens (including phenoxy) is 2. The Balaban J connectivity index is 1.35. The molecule has 0 aromatic heterocycles. The van der Waals surface area contributed by atoms with Crippen LogP contribution in [0.5, 0.6) is 11.5 Å². The van der Waals surface area contributed by atoms with E-state index in [-0.39, 0.29) is 23.1 Å². The van der Waals surface area contributed by atoms with Gasteiger partial charge in [-0.3, -0.25) is 4.79 Å². The third kappa shape index (κ3) is 5.16. The van der Waals surface area contributed by atoms with Crippen LogP contribution >= 0.6 is 11.8 Å². The zero-order valence-electron chi connectivity index (χ0n) is 22.1. The predicted molar refractivity (Wildman–Crippen MR) is 154 cm³/mol. The number of allylic oxidation sites excluding steroid dienone is 2. The van der Waals surface area contributed by atoms with Gasteiger partial charge >= 0.3 is 0 Å². The normalized spacial score (nSPS) is 20.6. The number of amides is 1. The number of methoxy groups -OCH3 is 2. The first-order chi connectivity index (χ1) is 18.5. The minimum atomic E-state index is -0.253. The van der Waals surface area contributed by atoms with E-state index in [0.29, 0.717) is 5.92 Å². The van der Waals surface area contributed by atoms with Crippen LogP contribution in [-0.2, 0) is 4.79 Å². The monoisotopic (exact) mass is 527 g/mol. The highest BCUT2D eigenvalue weighted by atomic mass is 32.2. The number of hydrazone groups is 1. The van der Waals surface area contributed by atoms with Crippen LogP contribution in [-0.4, -0.2) is 31.1 Å². The van der Waals surface area contributed by atoms with Crippen LogP contribution in [0, 0.1) is 5.92 Å². The lowest BCUT2D eigenvalue weighted by Crippen LogP contribution is -2.30. The lowest BCUT2D eigenvalue weighted by atomic mass is 9.76. The maximum Gasteiger partial charge on any atom is 0.253 e. The molecule has 1 aliphatic carbocycles. The van der Waals surface area contributed by atoms with Crippen LogP contribution in [0.15, 0.2) is 88.9 Å². The van der Waals surface area contributed by atoms with Crippen LogP contribution < -0.4 is 20.2 Å². The van der Waals surface area contributed by atoms with Crippen molar-refractivity contribution in [3.63, 3.8) is 0 Å². The lowest BCUT2D eigenvalue weighted by Gasteiger charge is -2.38. The molecule has 0 bridgehead atoms. The average Bonchev–Trinajstić information content (AvgIpc) is 3.45. The van der Waals surface area contributed by atoms with E-state index < -0.39 is 0 Å². The Bertz CT molecular complexity index is 1370. The number of nitrogens with zero attached hydrogens (tertiary/aromatic N) is 1. The van der Waals surface area contributed by atoms with Gasteiger partial charge in [0.05, 0.1) is 31.2 Å². The summed E-state index contributed by atoms with van der Waals surface area (Å²) in [6, 6.07) is 22.4. The maximum absolute atomic E-state index is 12.7. The van der Waals surface area contributed by atoms with E-state index >= 15 is 0 Å². The van der Waals surface area contributed by atoms with Gasteiger partial charge in [-0.2, -0.15) is 5.10 Å². The Kier molecular flexibility index (Phi) is 7.74. The standard InChI is InChI=1S/C31H33N3O3S/c1-19(33-34-31(35)20(2)38-22-10-6-5-7-11-22)21-16-17-27-26(18-21)23-12-8-13-24(23)29(32-27)25-14-9-15-28(36-3)30(25)37-4/h5-12,14-18,20,23-24,29,32H,13H2,1-4H3,(H,34,35)/b33-19-/t20-,23-,24+,29-/m1/s1. The molecule has 0 unspecified atom stereocenters. The third-order valence-corrected chi connectivity index (χ3v) is 8.42. The van der Waals surface area contributed by atoms with E-state index in [0.717, 1.165) is 45.3 Å². The van der Waals surface area contributed by atoms with Crippen LogP contribution in [0.4, 0.5) is 5.69 Å². The number of rotatable bonds is 8. The van der Waals surface area contributed by atoms with Gasteiger partial charge in [-0.15, -0.1) is 11.8 Å². The molecule has 5 rings (SSSR count). The van der Waals surface area contributed by atoms with Crippen molar-refractivity contribution >= 4 is 29.1 Å². The molecule has 3 aromatic carbocycles. The summed E-state index contributed by atoms with van der Waals surface area (Å²) in [5.74, 6) is 2.02. The lowest BCUT2D eigenvalue weighted by molar-refractivity contribution is -0.120. The zero-order valence-corrected chi connectivity index (χ0v) is 22.9. The van der Waals surface area contributed by atoms with Gasteiger partial charge in [0, 0.05) is 22.1 Å². The second-order valence-electron chi connectivity index (χ2n) is 9.61. The Labute approximate surface area is 228 Å². The number of nitrogens with one attached hydrogen (secondary N) is 2. The van der Waals surface area contributed by atoms with Gasteiger partial charge in [-0.05, 0) is 67.6 Å². The molecule has 0 spiro atoms.